The molecular formula is HBrN2O6-2. The first-order valence-electron chi connectivity index (χ1n) is 1.10. The lowest BCUT2D eigenvalue weighted by atomic mass is 13.1. The molecule has 0 saturated heterocycles. The molecule has 0 aliphatic carbocycles. The van der Waals surface area contributed by atoms with Crippen molar-refractivity contribution >= 4 is 17.0 Å². The molecular weight excluding hydrogens is 204 g/mol. The highest BCUT2D eigenvalue weighted by Gasteiger charge is 1.46. The van der Waals surface area contributed by atoms with Crippen molar-refractivity contribution in [3.05, 3.63) is 30.6 Å². The molecule has 56 valence electrons. The van der Waals surface area contributed by atoms with Gasteiger partial charge in [0.25, 0.3) is 0 Å². The number of nitrogens with zero attached hydrogens (tertiary/aromatic N) is 2. The Labute approximate surface area is 58.7 Å². The zero-order valence-corrected chi connectivity index (χ0v) is 5.47. The van der Waals surface area contributed by atoms with Gasteiger partial charge in [-0.1, -0.05) is 0 Å². The van der Waals surface area contributed by atoms with Crippen LogP contribution in [0.3, 0.4) is 0 Å². The third-order valence-electron chi connectivity index (χ3n) is 0. The Balaban J connectivity index is -0.0000000720. The molecule has 0 atom stereocenters. The molecule has 0 aromatic carbocycles. The van der Waals surface area contributed by atoms with Crippen molar-refractivity contribution < 1.29 is 10.2 Å². The van der Waals surface area contributed by atoms with Crippen LogP contribution in [0, 0.1) is 30.6 Å². The van der Waals surface area contributed by atoms with Crippen LogP contribution < -0.4 is 0 Å². The summed E-state index contributed by atoms with van der Waals surface area (Å²) in [6.07, 6.45) is 0. The van der Waals surface area contributed by atoms with Crippen molar-refractivity contribution in [2.45, 2.75) is 0 Å². The van der Waals surface area contributed by atoms with Crippen LogP contribution in [0.2, 0.25) is 0 Å². The summed E-state index contributed by atoms with van der Waals surface area (Å²) in [6, 6.07) is 0. The van der Waals surface area contributed by atoms with Crippen LogP contribution in [-0.4, -0.2) is 10.2 Å². The molecule has 0 aromatic rings. The van der Waals surface area contributed by atoms with E-state index in [-0.39, 0.29) is 17.0 Å². The van der Waals surface area contributed by atoms with Crippen LogP contribution in [0.25, 0.3) is 0 Å². The zero-order valence-electron chi connectivity index (χ0n) is 3.75. The predicted octanol–water partition coefficient (Wildman–Crippen LogP) is 0.0997. The van der Waals surface area contributed by atoms with E-state index in [1.165, 1.54) is 0 Å². The molecule has 0 saturated carbocycles. The monoisotopic (exact) mass is 204 g/mol. The van der Waals surface area contributed by atoms with Crippen LogP contribution >= 0.6 is 17.0 Å². The summed E-state index contributed by atoms with van der Waals surface area (Å²) < 4.78 is 0. The van der Waals surface area contributed by atoms with Crippen molar-refractivity contribution in [2.24, 2.45) is 0 Å². The second kappa shape index (κ2) is 9.99. The first-order valence-corrected chi connectivity index (χ1v) is 1.10. The molecule has 0 heterocycles. The maximum Gasteiger partial charge on any atom is 0.0689 e. The van der Waals surface area contributed by atoms with E-state index in [2.05, 4.69) is 0 Å². The summed E-state index contributed by atoms with van der Waals surface area (Å²) >= 11 is 0. The molecule has 0 rings (SSSR count). The van der Waals surface area contributed by atoms with E-state index in [4.69, 9.17) is 30.6 Å². The summed E-state index contributed by atoms with van der Waals surface area (Å²) in [6.45, 7) is 0. The minimum absolute atomic E-state index is 0. The Kier molecular flexibility index (Phi) is 17.4. The van der Waals surface area contributed by atoms with Crippen LogP contribution in [0.1, 0.15) is 0 Å². The van der Waals surface area contributed by atoms with Gasteiger partial charge in [0.1, 0.15) is 0 Å². The van der Waals surface area contributed by atoms with Gasteiger partial charge in [-0.15, -0.1) is 17.0 Å². The number of halogens is 1. The number of rotatable bonds is 0. The van der Waals surface area contributed by atoms with Gasteiger partial charge in [0.05, 0.1) is 10.2 Å². The summed E-state index contributed by atoms with van der Waals surface area (Å²) in [7, 11) is 0. The largest absolute Gasteiger partial charge is 0.356 e. The molecule has 0 aliphatic rings. The predicted molar refractivity (Wildman–Crippen MR) is 31.0 cm³/mol. The summed E-state index contributed by atoms with van der Waals surface area (Å²) in [4.78, 5) is 16.5. The molecule has 0 unspecified atom stereocenters. The molecule has 0 bridgehead atoms. The maximum absolute atomic E-state index is 8.25. The maximum atomic E-state index is 8.25. The van der Waals surface area contributed by atoms with Gasteiger partial charge in [0.15, 0.2) is 0 Å². The lowest BCUT2D eigenvalue weighted by Crippen LogP contribution is -1.74. The molecule has 0 aliphatic heterocycles. The molecule has 0 amide bonds. The van der Waals surface area contributed by atoms with Crippen LogP contribution in [0.15, 0.2) is 0 Å². The van der Waals surface area contributed by atoms with E-state index < -0.39 is 10.2 Å². The van der Waals surface area contributed by atoms with Crippen molar-refractivity contribution in [2.75, 3.05) is 0 Å². The van der Waals surface area contributed by atoms with Gasteiger partial charge in [0.2, 0.25) is 0 Å². The molecule has 9 heavy (non-hydrogen) atoms. The highest BCUT2D eigenvalue weighted by molar-refractivity contribution is 8.93. The van der Waals surface area contributed by atoms with Gasteiger partial charge < -0.3 is 30.6 Å². The highest BCUT2D eigenvalue weighted by Crippen LogP contribution is 1.44. The normalized spacial score (nSPS) is 5.33. The third-order valence-corrected chi connectivity index (χ3v) is 0. The van der Waals surface area contributed by atoms with Crippen LogP contribution in [0.4, 0.5) is 0 Å². The number of hydrogen-bond acceptors (Lipinski definition) is 6. The van der Waals surface area contributed by atoms with Gasteiger partial charge in [-0.3, -0.25) is 0 Å². The highest BCUT2D eigenvalue weighted by atomic mass is 79.9. The Morgan fingerprint density at radius 2 is 0.778 bits per heavy atom. The van der Waals surface area contributed by atoms with Gasteiger partial charge in [-0.2, -0.15) is 0 Å². The third kappa shape index (κ3) is 131. The van der Waals surface area contributed by atoms with Crippen molar-refractivity contribution in [3.8, 4) is 0 Å². The molecule has 0 fully saturated rings. The molecule has 0 radical (unpaired) electrons. The second-order valence-electron chi connectivity index (χ2n) is 0.447. The molecule has 8 nitrogen and oxygen atoms in total. The molecule has 0 spiro atoms. The van der Waals surface area contributed by atoms with Crippen LogP contribution in [-0.2, 0) is 0 Å². The molecule has 0 N–H and O–H groups in total. The summed E-state index contributed by atoms with van der Waals surface area (Å²) in [5, 5.41) is 29.5. The Morgan fingerprint density at radius 1 is 0.778 bits per heavy atom. The van der Waals surface area contributed by atoms with Gasteiger partial charge in [-0.05, 0) is 0 Å². The van der Waals surface area contributed by atoms with E-state index in [9.17, 15) is 0 Å². The lowest BCUT2D eigenvalue weighted by Gasteiger charge is -1.74. The van der Waals surface area contributed by atoms with Crippen LogP contribution in [0.5, 0.6) is 0 Å². The average Bonchev–Trinajstić information content (AvgIpc) is 1.25. The molecule has 0 aromatic heterocycles. The Hall–Kier alpha value is -1.12. The average molecular weight is 205 g/mol. The topological polar surface area (TPSA) is 132 Å². The van der Waals surface area contributed by atoms with Crippen molar-refractivity contribution in [3.63, 3.8) is 0 Å². The first-order chi connectivity index (χ1) is 3.46. The van der Waals surface area contributed by atoms with E-state index in [0.717, 1.165) is 0 Å². The van der Waals surface area contributed by atoms with E-state index in [0.29, 0.717) is 0 Å². The Bertz CT molecular complexity index is 69.1. The SMILES string of the molecule is Br.O=[N+]([O-])[O-].O=[N+]([O-])[O-]. The minimum Gasteiger partial charge on any atom is -0.356 e. The fraction of sp³-hybridized carbons (Fsp3) is 0. The first kappa shape index (κ1) is 15.7. The van der Waals surface area contributed by atoms with Gasteiger partial charge >= 0.3 is 0 Å². The van der Waals surface area contributed by atoms with Gasteiger partial charge in [0, 0.05) is 0 Å². The lowest BCUT2D eigenvalue weighted by molar-refractivity contribution is -0.403. The smallest absolute Gasteiger partial charge is 0.0689 e. The summed E-state index contributed by atoms with van der Waals surface area (Å²) in [5.74, 6) is 0. The molecule has 9 heteroatoms. The van der Waals surface area contributed by atoms with E-state index in [1.54, 1.807) is 0 Å². The minimum atomic E-state index is -1.75. The van der Waals surface area contributed by atoms with Crippen molar-refractivity contribution in [1.82, 2.24) is 0 Å². The fourth-order valence-corrected chi connectivity index (χ4v) is 0. The fourth-order valence-electron chi connectivity index (χ4n) is 0. The van der Waals surface area contributed by atoms with Gasteiger partial charge in [-0.25, -0.2) is 0 Å². The zero-order chi connectivity index (χ0) is 7.15. The van der Waals surface area contributed by atoms with E-state index in [1.807, 2.05) is 0 Å². The quantitative estimate of drug-likeness (QED) is 0.406. The second-order valence-corrected chi connectivity index (χ2v) is 0.447. The standard InChI is InChI=1S/BrH.2NO3/c;2*2-1(3)4/h1H;;/q;2*-1. The van der Waals surface area contributed by atoms with Crippen molar-refractivity contribution in [1.29, 1.82) is 0 Å². The van der Waals surface area contributed by atoms with E-state index >= 15 is 0 Å². The Morgan fingerprint density at radius 3 is 0.778 bits per heavy atom. The number of hydrogen-bond donors (Lipinski definition) is 0. The summed E-state index contributed by atoms with van der Waals surface area (Å²) in [5.41, 5.74) is 0.